The molecule has 1 unspecified atom stereocenters. The summed E-state index contributed by atoms with van der Waals surface area (Å²) in [5.74, 6) is 0.776. The smallest absolute Gasteiger partial charge is 0.407 e. The molecule has 0 spiro atoms. The van der Waals surface area contributed by atoms with Crippen molar-refractivity contribution in [2.24, 2.45) is 0 Å². The number of hydrogen-bond donors (Lipinski definition) is 2. The van der Waals surface area contributed by atoms with Crippen LogP contribution in [0.3, 0.4) is 0 Å². The second-order valence-electron chi connectivity index (χ2n) is 4.42. The zero-order valence-electron chi connectivity index (χ0n) is 10.0. The first-order valence-electron chi connectivity index (χ1n) is 5.91. The van der Waals surface area contributed by atoms with Gasteiger partial charge in [-0.25, -0.2) is 4.79 Å². The number of nitrogens with one attached hydrogen (secondary N) is 1. The van der Waals surface area contributed by atoms with E-state index in [2.05, 4.69) is 4.98 Å². The van der Waals surface area contributed by atoms with Crippen molar-refractivity contribution in [3.8, 4) is 5.75 Å². The minimum Gasteiger partial charge on any atom is -0.491 e. The van der Waals surface area contributed by atoms with Crippen molar-refractivity contribution in [2.45, 2.75) is 13.0 Å². The van der Waals surface area contributed by atoms with Crippen LogP contribution in [0, 0.1) is 0 Å². The van der Waals surface area contributed by atoms with Crippen molar-refractivity contribution in [3.05, 3.63) is 30.0 Å². The zero-order chi connectivity index (χ0) is 12.7. The Bertz CT molecular complexity index is 605. The number of ether oxygens (including phenoxy) is 1. The van der Waals surface area contributed by atoms with Crippen LogP contribution in [-0.4, -0.2) is 34.2 Å². The SMILES string of the molecule is CC1c2c(ccc3[nH]ccc23)OCCN1C(=O)O. The standard InChI is InChI=1S/C13H14N2O3/c1-8-12-9-4-5-14-10(9)2-3-11(12)18-7-6-15(8)13(16)17/h2-5,8,14H,6-7H2,1H3,(H,16,17). The molecular formula is C13H14N2O3. The van der Waals surface area contributed by atoms with Crippen molar-refractivity contribution in [1.82, 2.24) is 9.88 Å². The van der Waals surface area contributed by atoms with Gasteiger partial charge in [0.2, 0.25) is 0 Å². The summed E-state index contributed by atoms with van der Waals surface area (Å²) in [5, 5.41) is 10.3. The Labute approximate surface area is 104 Å². The molecular weight excluding hydrogens is 232 g/mol. The number of carbonyl (C=O) groups is 1. The van der Waals surface area contributed by atoms with Crippen LogP contribution in [0.5, 0.6) is 5.75 Å². The molecule has 0 bridgehead atoms. The Morgan fingerprint density at radius 3 is 3.11 bits per heavy atom. The molecule has 5 nitrogen and oxygen atoms in total. The molecule has 1 aliphatic heterocycles. The maximum Gasteiger partial charge on any atom is 0.407 e. The number of benzene rings is 1. The summed E-state index contributed by atoms with van der Waals surface area (Å²) in [6.07, 6.45) is 0.944. The lowest BCUT2D eigenvalue weighted by atomic mass is 10.0. The summed E-state index contributed by atoms with van der Waals surface area (Å²) in [4.78, 5) is 15.8. The second-order valence-corrected chi connectivity index (χ2v) is 4.42. The van der Waals surface area contributed by atoms with Gasteiger partial charge in [-0.1, -0.05) is 0 Å². The molecule has 2 heterocycles. The first kappa shape index (κ1) is 11.0. The molecule has 1 aromatic carbocycles. The van der Waals surface area contributed by atoms with Gasteiger partial charge in [-0.3, -0.25) is 4.90 Å². The van der Waals surface area contributed by atoms with Crippen molar-refractivity contribution in [1.29, 1.82) is 0 Å². The fraction of sp³-hybridized carbons (Fsp3) is 0.308. The van der Waals surface area contributed by atoms with Crippen LogP contribution < -0.4 is 4.74 Å². The number of fused-ring (bicyclic) bond motifs is 3. The molecule has 0 fully saturated rings. The molecule has 1 aromatic heterocycles. The third-order valence-corrected chi connectivity index (χ3v) is 3.46. The van der Waals surface area contributed by atoms with Crippen LogP contribution in [0.4, 0.5) is 4.79 Å². The second kappa shape index (κ2) is 3.94. The first-order valence-corrected chi connectivity index (χ1v) is 5.91. The van der Waals surface area contributed by atoms with E-state index in [-0.39, 0.29) is 6.04 Å². The van der Waals surface area contributed by atoms with Gasteiger partial charge < -0.3 is 14.8 Å². The van der Waals surface area contributed by atoms with E-state index in [1.54, 1.807) is 0 Å². The lowest BCUT2D eigenvalue weighted by molar-refractivity contribution is 0.125. The molecule has 0 saturated heterocycles. The Morgan fingerprint density at radius 1 is 1.50 bits per heavy atom. The van der Waals surface area contributed by atoms with E-state index >= 15 is 0 Å². The Balaban J connectivity index is 2.21. The maximum atomic E-state index is 11.3. The fourth-order valence-electron chi connectivity index (χ4n) is 2.56. The maximum absolute atomic E-state index is 11.3. The Hall–Kier alpha value is -2.17. The zero-order valence-corrected chi connectivity index (χ0v) is 10.0. The lowest BCUT2D eigenvalue weighted by Gasteiger charge is -2.24. The number of aromatic nitrogens is 1. The van der Waals surface area contributed by atoms with E-state index in [1.165, 1.54) is 4.90 Å². The van der Waals surface area contributed by atoms with Gasteiger partial charge in [0.1, 0.15) is 12.4 Å². The van der Waals surface area contributed by atoms with Crippen LogP contribution in [0.25, 0.3) is 10.9 Å². The average Bonchev–Trinajstić information content (AvgIpc) is 2.74. The largest absolute Gasteiger partial charge is 0.491 e. The lowest BCUT2D eigenvalue weighted by Crippen LogP contribution is -2.33. The molecule has 0 aliphatic carbocycles. The van der Waals surface area contributed by atoms with Gasteiger partial charge in [0.15, 0.2) is 0 Å². The summed E-state index contributed by atoms with van der Waals surface area (Å²) >= 11 is 0. The third-order valence-electron chi connectivity index (χ3n) is 3.46. The third kappa shape index (κ3) is 1.51. The number of amides is 1. The van der Waals surface area contributed by atoms with E-state index in [4.69, 9.17) is 4.74 Å². The van der Waals surface area contributed by atoms with Crippen LogP contribution in [0.1, 0.15) is 18.5 Å². The normalized spacial score (nSPS) is 19.2. The predicted octanol–water partition coefficient (Wildman–Crippen LogP) is 2.60. The molecule has 1 amide bonds. The molecule has 3 rings (SSSR count). The molecule has 2 N–H and O–H groups in total. The molecule has 0 saturated carbocycles. The summed E-state index contributed by atoms with van der Waals surface area (Å²) < 4.78 is 5.66. The molecule has 1 atom stereocenters. The van der Waals surface area contributed by atoms with Gasteiger partial charge in [-0.15, -0.1) is 0 Å². The van der Waals surface area contributed by atoms with Crippen LogP contribution in [0.15, 0.2) is 24.4 Å². The van der Waals surface area contributed by atoms with Gasteiger partial charge >= 0.3 is 6.09 Å². The first-order chi connectivity index (χ1) is 8.68. The van der Waals surface area contributed by atoms with Gasteiger partial charge in [-0.2, -0.15) is 0 Å². The monoisotopic (exact) mass is 246 g/mol. The Morgan fingerprint density at radius 2 is 2.33 bits per heavy atom. The predicted molar refractivity (Wildman–Crippen MR) is 66.9 cm³/mol. The van der Waals surface area contributed by atoms with Crippen LogP contribution in [0.2, 0.25) is 0 Å². The highest BCUT2D eigenvalue weighted by Gasteiger charge is 2.28. The quantitative estimate of drug-likeness (QED) is 0.750. The molecule has 5 heteroatoms. The number of hydrogen-bond acceptors (Lipinski definition) is 2. The molecule has 2 aromatic rings. The van der Waals surface area contributed by atoms with Crippen molar-refractivity contribution in [2.75, 3.05) is 13.2 Å². The van der Waals surface area contributed by atoms with E-state index in [9.17, 15) is 9.90 Å². The summed E-state index contributed by atoms with van der Waals surface area (Å²) in [6.45, 7) is 2.67. The highest BCUT2D eigenvalue weighted by molar-refractivity contribution is 5.86. The van der Waals surface area contributed by atoms with E-state index in [0.717, 1.165) is 22.2 Å². The van der Waals surface area contributed by atoms with E-state index in [1.807, 2.05) is 31.3 Å². The fourth-order valence-corrected chi connectivity index (χ4v) is 2.56. The van der Waals surface area contributed by atoms with Crippen molar-refractivity contribution >= 4 is 17.0 Å². The summed E-state index contributed by atoms with van der Waals surface area (Å²) in [5.41, 5.74) is 1.94. The van der Waals surface area contributed by atoms with Crippen LogP contribution >= 0.6 is 0 Å². The molecule has 0 radical (unpaired) electrons. The van der Waals surface area contributed by atoms with Crippen molar-refractivity contribution < 1.29 is 14.6 Å². The van der Waals surface area contributed by atoms with Crippen molar-refractivity contribution in [3.63, 3.8) is 0 Å². The molecule has 18 heavy (non-hydrogen) atoms. The highest BCUT2D eigenvalue weighted by Crippen LogP contribution is 2.37. The topological polar surface area (TPSA) is 65.6 Å². The summed E-state index contributed by atoms with van der Waals surface area (Å²) in [7, 11) is 0. The van der Waals surface area contributed by atoms with Gasteiger partial charge in [0.05, 0.1) is 12.6 Å². The Kier molecular flexibility index (Phi) is 2.40. The molecule has 1 aliphatic rings. The number of aromatic amines is 1. The van der Waals surface area contributed by atoms with Gasteiger partial charge in [0.25, 0.3) is 0 Å². The average molecular weight is 246 g/mol. The van der Waals surface area contributed by atoms with Gasteiger partial charge in [-0.05, 0) is 25.1 Å². The van der Waals surface area contributed by atoms with Gasteiger partial charge in [0, 0.05) is 22.7 Å². The summed E-state index contributed by atoms with van der Waals surface area (Å²) in [6, 6.07) is 5.60. The minimum absolute atomic E-state index is 0.209. The van der Waals surface area contributed by atoms with E-state index < -0.39 is 6.09 Å². The number of rotatable bonds is 0. The van der Waals surface area contributed by atoms with E-state index in [0.29, 0.717) is 13.2 Å². The number of nitrogens with zero attached hydrogens (tertiary/aromatic N) is 1. The van der Waals surface area contributed by atoms with Crippen LogP contribution in [-0.2, 0) is 0 Å². The minimum atomic E-state index is -0.911. The number of carboxylic acid groups (broad SMARTS) is 1. The number of H-pyrrole nitrogens is 1. The highest BCUT2D eigenvalue weighted by atomic mass is 16.5. The molecule has 94 valence electrons.